The van der Waals surface area contributed by atoms with Crippen LogP contribution in [0.1, 0.15) is 123 Å². The first-order valence-corrected chi connectivity index (χ1v) is 10.7. The molecule has 0 rings (SSSR count). The molecule has 0 heterocycles. The van der Waals surface area contributed by atoms with E-state index in [2.05, 4.69) is 38.2 Å². The Labute approximate surface area is 147 Å². The van der Waals surface area contributed by atoms with Gasteiger partial charge in [-0.2, -0.15) is 0 Å². The van der Waals surface area contributed by atoms with Crippen LogP contribution in [0.15, 0.2) is 24.3 Å². The summed E-state index contributed by atoms with van der Waals surface area (Å²) >= 11 is 0. The van der Waals surface area contributed by atoms with E-state index in [4.69, 9.17) is 0 Å². The Kier molecular flexibility index (Phi) is 21.0. The minimum atomic E-state index is 1.13. The van der Waals surface area contributed by atoms with E-state index in [0.717, 1.165) is 6.42 Å². The van der Waals surface area contributed by atoms with Crippen molar-refractivity contribution in [1.29, 1.82) is 0 Å². The molecule has 136 valence electrons. The summed E-state index contributed by atoms with van der Waals surface area (Å²) in [7, 11) is 0. The topological polar surface area (TPSA) is 0 Å². The van der Waals surface area contributed by atoms with Gasteiger partial charge in [-0.1, -0.05) is 115 Å². The number of rotatable bonds is 18. The van der Waals surface area contributed by atoms with Crippen LogP contribution in [0, 0.1) is 0 Å². The maximum atomic E-state index is 2.38. The normalized spacial score (nSPS) is 11.9. The minimum Gasteiger partial charge on any atom is -0.0882 e. The molecule has 0 saturated heterocycles. The minimum absolute atomic E-state index is 1.13. The molecule has 0 aromatic rings. The van der Waals surface area contributed by atoms with Gasteiger partial charge < -0.3 is 0 Å². The zero-order valence-electron chi connectivity index (χ0n) is 16.3. The molecule has 0 aromatic carbocycles. The highest BCUT2D eigenvalue weighted by molar-refractivity contribution is 4.92. The Balaban J connectivity index is 3.10. The fourth-order valence-corrected chi connectivity index (χ4v) is 2.95. The lowest BCUT2D eigenvalue weighted by Gasteiger charge is -2.01. The van der Waals surface area contributed by atoms with Crippen molar-refractivity contribution in [2.24, 2.45) is 0 Å². The second-order valence-corrected chi connectivity index (χ2v) is 7.00. The van der Waals surface area contributed by atoms with Crippen molar-refractivity contribution in [3.63, 3.8) is 0 Å². The Hall–Kier alpha value is -0.520. The van der Waals surface area contributed by atoms with Crippen LogP contribution in [0.4, 0.5) is 0 Å². The van der Waals surface area contributed by atoms with Gasteiger partial charge in [0.2, 0.25) is 0 Å². The van der Waals surface area contributed by atoms with E-state index in [9.17, 15) is 0 Å². The third kappa shape index (κ3) is 21.5. The van der Waals surface area contributed by atoms with E-state index >= 15 is 0 Å². The monoisotopic (exact) mass is 320 g/mol. The van der Waals surface area contributed by atoms with Crippen molar-refractivity contribution >= 4 is 0 Å². The Morgan fingerprint density at radius 2 is 0.739 bits per heavy atom. The second kappa shape index (κ2) is 21.5. The Bertz CT molecular complexity index is 249. The maximum Gasteiger partial charge on any atom is -0.0169 e. The lowest BCUT2D eigenvalue weighted by atomic mass is 10.1. The van der Waals surface area contributed by atoms with E-state index < -0.39 is 0 Å². The molecule has 0 unspecified atom stereocenters. The quantitative estimate of drug-likeness (QED) is 0.175. The molecular formula is C23H44. The summed E-state index contributed by atoms with van der Waals surface area (Å²) in [6.07, 6.45) is 32.9. The molecule has 0 atom stereocenters. The number of hydrogen-bond acceptors (Lipinski definition) is 0. The second-order valence-electron chi connectivity index (χ2n) is 7.00. The first-order chi connectivity index (χ1) is 11.4. The average Bonchev–Trinajstić information content (AvgIpc) is 2.57. The predicted octanol–water partition coefficient (Wildman–Crippen LogP) is 8.77. The Morgan fingerprint density at radius 3 is 1.22 bits per heavy atom. The first-order valence-electron chi connectivity index (χ1n) is 10.7. The van der Waals surface area contributed by atoms with Crippen molar-refractivity contribution in [3.05, 3.63) is 24.3 Å². The van der Waals surface area contributed by atoms with E-state index in [-0.39, 0.29) is 0 Å². The summed E-state index contributed by atoms with van der Waals surface area (Å²) in [6, 6.07) is 0. The molecule has 0 nitrogen and oxygen atoms in total. The molecule has 0 fully saturated rings. The van der Waals surface area contributed by atoms with Gasteiger partial charge in [-0.25, -0.2) is 0 Å². The number of allylic oxidation sites excluding steroid dienone is 4. The van der Waals surface area contributed by atoms with Gasteiger partial charge in [-0.15, -0.1) is 0 Å². The van der Waals surface area contributed by atoms with Crippen LogP contribution < -0.4 is 0 Å². The zero-order chi connectivity index (χ0) is 16.8. The molecule has 0 saturated carbocycles. The van der Waals surface area contributed by atoms with Crippen LogP contribution in [0.5, 0.6) is 0 Å². The third-order valence-corrected chi connectivity index (χ3v) is 4.55. The molecule has 0 aliphatic rings. The average molecular weight is 321 g/mol. The molecule has 0 N–H and O–H groups in total. The highest BCUT2D eigenvalue weighted by Crippen LogP contribution is 2.12. The summed E-state index contributed by atoms with van der Waals surface area (Å²) in [5.41, 5.74) is 0. The molecule has 0 amide bonds. The van der Waals surface area contributed by atoms with E-state index in [1.165, 1.54) is 103 Å². The van der Waals surface area contributed by atoms with E-state index in [0.29, 0.717) is 0 Å². The maximum absolute atomic E-state index is 2.38. The fourth-order valence-electron chi connectivity index (χ4n) is 2.95. The van der Waals surface area contributed by atoms with Crippen LogP contribution in [-0.4, -0.2) is 0 Å². The number of unbranched alkanes of at least 4 members (excludes halogenated alkanes) is 14. The molecular weight excluding hydrogens is 276 g/mol. The molecule has 0 radical (unpaired) electrons. The molecule has 0 aromatic heterocycles. The zero-order valence-corrected chi connectivity index (χ0v) is 16.3. The molecule has 0 heteroatoms. The van der Waals surface area contributed by atoms with Gasteiger partial charge in [-0.05, 0) is 32.1 Å². The van der Waals surface area contributed by atoms with Crippen LogP contribution in [0.25, 0.3) is 0 Å². The van der Waals surface area contributed by atoms with Crippen molar-refractivity contribution in [2.75, 3.05) is 0 Å². The largest absolute Gasteiger partial charge is 0.0882 e. The van der Waals surface area contributed by atoms with Crippen LogP contribution in [0.3, 0.4) is 0 Å². The predicted molar refractivity (Wildman–Crippen MR) is 108 cm³/mol. The highest BCUT2D eigenvalue weighted by atomic mass is 14.0. The van der Waals surface area contributed by atoms with Crippen LogP contribution in [0.2, 0.25) is 0 Å². The fraction of sp³-hybridized carbons (Fsp3) is 0.826. The summed E-state index contributed by atoms with van der Waals surface area (Å²) in [4.78, 5) is 0. The van der Waals surface area contributed by atoms with Crippen molar-refractivity contribution in [1.82, 2.24) is 0 Å². The Morgan fingerprint density at radius 1 is 0.391 bits per heavy atom. The SMILES string of the molecule is CCCCC/C=C\C/C=C\CCCCCCCCCCCCC. The highest BCUT2D eigenvalue weighted by Gasteiger charge is 1.92. The van der Waals surface area contributed by atoms with Gasteiger partial charge >= 0.3 is 0 Å². The summed E-state index contributed by atoms with van der Waals surface area (Å²) < 4.78 is 0. The van der Waals surface area contributed by atoms with Gasteiger partial charge in [0.15, 0.2) is 0 Å². The van der Waals surface area contributed by atoms with Gasteiger partial charge in [-0.3, -0.25) is 0 Å². The molecule has 0 aliphatic carbocycles. The van der Waals surface area contributed by atoms with Crippen molar-refractivity contribution in [2.45, 2.75) is 123 Å². The molecule has 23 heavy (non-hydrogen) atoms. The smallest absolute Gasteiger partial charge is 0.0169 e. The van der Waals surface area contributed by atoms with Crippen molar-refractivity contribution < 1.29 is 0 Å². The lowest BCUT2D eigenvalue weighted by Crippen LogP contribution is -1.81. The molecule has 0 spiro atoms. The molecule has 0 aliphatic heterocycles. The first kappa shape index (κ1) is 22.5. The van der Waals surface area contributed by atoms with Gasteiger partial charge in [0.05, 0.1) is 0 Å². The van der Waals surface area contributed by atoms with Gasteiger partial charge in [0.1, 0.15) is 0 Å². The van der Waals surface area contributed by atoms with Crippen LogP contribution in [-0.2, 0) is 0 Å². The van der Waals surface area contributed by atoms with Crippen molar-refractivity contribution in [3.8, 4) is 0 Å². The summed E-state index contributed by atoms with van der Waals surface area (Å²) in [5.74, 6) is 0. The summed E-state index contributed by atoms with van der Waals surface area (Å²) in [5, 5.41) is 0. The van der Waals surface area contributed by atoms with Gasteiger partial charge in [0.25, 0.3) is 0 Å². The molecule has 0 bridgehead atoms. The number of hydrogen-bond donors (Lipinski definition) is 0. The standard InChI is InChI=1S/C23H44/c1-3-5-7-9-11-13-15-17-19-21-23-22-20-18-16-14-12-10-8-6-4-2/h11,13,17,19H,3-10,12,14-16,18,20-23H2,1-2H3/b13-11-,19-17-. The third-order valence-electron chi connectivity index (χ3n) is 4.55. The lowest BCUT2D eigenvalue weighted by molar-refractivity contribution is 0.550. The van der Waals surface area contributed by atoms with Crippen LogP contribution >= 0.6 is 0 Å². The van der Waals surface area contributed by atoms with E-state index in [1.54, 1.807) is 0 Å². The van der Waals surface area contributed by atoms with Gasteiger partial charge in [0, 0.05) is 0 Å². The van der Waals surface area contributed by atoms with E-state index in [1.807, 2.05) is 0 Å². The summed E-state index contributed by atoms with van der Waals surface area (Å²) in [6.45, 7) is 4.56.